The molecule has 1 rings (SSSR count). The molecule has 1 aromatic carbocycles. The first-order valence-corrected chi connectivity index (χ1v) is 4.09. The van der Waals surface area contributed by atoms with E-state index in [4.69, 9.17) is 6.42 Å². The van der Waals surface area contributed by atoms with E-state index in [-0.39, 0.29) is 5.78 Å². The maximum atomic E-state index is 11.0. The quantitative estimate of drug-likeness (QED) is 0.325. The third-order valence-electron chi connectivity index (χ3n) is 1.25. The summed E-state index contributed by atoms with van der Waals surface area (Å²) < 4.78 is 0.896. The van der Waals surface area contributed by atoms with Crippen LogP contribution in [0.5, 0.6) is 0 Å². The lowest BCUT2D eigenvalue weighted by molar-refractivity contribution is 0.105. The minimum Gasteiger partial charge on any atom is -0.279 e. The van der Waals surface area contributed by atoms with Gasteiger partial charge >= 0.3 is 0 Å². The molecular weight excluding hydrogens is 251 g/mol. The van der Waals surface area contributed by atoms with Crippen molar-refractivity contribution in [1.82, 2.24) is 0 Å². The summed E-state index contributed by atoms with van der Waals surface area (Å²) in [6.07, 6.45) is 4.97. The topological polar surface area (TPSA) is 17.1 Å². The summed E-state index contributed by atoms with van der Waals surface area (Å²) in [5.74, 6) is 1.82. The molecule has 0 amide bonds. The zero-order valence-corrected chi connectivity index (χ0v) is 7.83. The molecule has 0 aliphatic rings. The van der Waals surface area contributed by atoms with Gasteiger partial charge in [0.15, 0.2) is 0 Å². The van der Waals surface area contributed by atoms with Crippen LogP contribution in [0.1, 0.15) is 10.4 Å². The third-order valence-corrected chi connectivity index (χ3v) is 2.19. The Labute approximate surface area is 78.9 Å². The maximum absolute atomic E-state index is 11.0. The van der Waals surface area contributed by atoms with Gasteiger partial charge in [-0.1, -0.05) is 12.1 Å². The highest BCUT2D eigenvalue weighted by Crippen LogP contribution is 2.11. The van der Waals surface area contributed by atoms with E-state index < -0.39 is 0 Å². The van der Waals surface area contributed by atoms with Crippen LogP contribution in [0.2, 0.25) is 0 Å². The van der Waals surface area contributed by atoms with Crippen LogP contribution in [0.4, 0.5) is 0 Å². The van der Waals surface area contributed by atoms with Crippen molar-refractivity contribution in [2.45, 2.75) is 0 Å². The van der Waals surface area contributed by atoms with E-state index in [0.29, 0.717) is 5.56 Å². The van der Waals surface area contributed by atoms with Crippen molar-refractivity contribution in [2.75, 3.05) is 0 Å². The van der Waals surface area contributed by atoms with Crippen LogP contribution in [0, 0.1) is 15.9 Å². The van der Waals surface area contributed by atoms with E-state index in [1.54, 1.807) is 12.1 Å². The number of carbonyl (C=O) groups excluding carboxylic acids is 1. The molecule has 54 valence electrons. The fourth-order valence-electron chi connectivity index (χ4n) is 0.723. The van der Waals surface area contributed by atoms with E-state index in [1.807, 2.05) is 12.1 Å². The Balaban J connectivity index is 3.16. The summed E-state index contributed by atoms with van der Waals surface area (Å²) in [5.41, 5.74) is 0.607. The Kier molecular flexibility index (Phi) is 2.66. The van der Waals surface area contributed by atoms with Crippen LogP contribution in [0.25, 0.3) is 0 Å². The van der Waals surface area contributed by atoms with Crippen LogP contribution in [-0.4, -0.2) is 5.78 Å². The molecule has 0 saturated carbocycles. The normalized spacial score (nSPS) is 8.73. The fraction of sp³-hybridized carbons (Fsp3) is 0. The molecule has 1 nitrogen and oxygen atoms in total. The third kappa shape index (κ3) is 1.81. The van der Waals surface area contributed by atoms with Gasteiger partial charge in [0.05, 0.1) is 0 Å². The van der Waals surface area contributed by atoms with Crippen molar-refractivity contribution >= 4 is 28.4 Å². The van der Waals surface area contributed by atoms with Gasteiger partial charge in [-0.3, -0.25) is 4.79 Å². The molecule has 0 atom stereocenters. The summed E-state index contributed by atoms with van der Waals surface area (Å²) in [5, 5.41) is 0. The maximum Gasteiger partial charge on any atom is 0.236 e. The van der Waals surface area contributed by atoms with Gasteiger partial charge in [0.1, 0.15) is 0 Å². The van der Waals surface area contributed by atoms with E-state index in [9.17, 15) is 4.79 Å². The van der Waals surface area contributed by atoms with Gasteiger partial charge in [0, 0.05) is 9.13 Å². The van der Waals surface area contributed by atoms with Gasteiger partial charge in [0.25, 0.3) is 0 Å². The van der Waals surface area contributed by atoms with Crippen molar-refractivity contribution < 1.29 is 4.79 Å². The second-order valence-electron chi connectivity index (χ2n) is 1.95. The predicted octanol–water partition coefficient (Wildman–Crippen LogP) is 2.11. The molecule has 0 spiro atoms. The van der Waals surface area contributed by atoms with E-state index in [0.717, 1.165) is 3.57 Å². The Hall–Kier alpha value is -0.820. The number of terminal acetylenes is 1. The molecule has 0 N–H and O–H groups in total. The van der Waals surface area contributed by atoms with Crippen molar-refractivity contribution in [3.05, 3.63) is 33.4 Å². The Bertz CT molecular complexity index is 323. The van der Waals surface area contributed by atoms with Crippen LogP contribution < -0.4 is 0 Å². The van der Waals surface area contributed by atoms with Crippen molar-refractivity contribution in [2.24, 2.45) is 0 Å². The first kappa shape index (κ1) is 8.28. The molecule has 0 saturated heterocycles. The van der Waals surface area contributed by atoms with Crippen molar-refractivity contribution in [3.8, 4) is 12.3 Å². The SMILES string of the molecule is C#CC(=O)c1ccccc1I. The monoisotopic (exact) mass is 256 g/mol. The minimum absolute atomic E-state index is 0.255. The molecular formula is C9H5IO. The van der Waals surface area contributed by atoms with Gasteiger partial charge in [-0.05, 0) is 40.6 Å². The van der Waals surface area contributed by atoms with Gasteiger partial charge in [0.2, 0.25) is 5.78 Å². The summed E-state index contributed by atoms with van der Waals surface area (Å²) in [7, 11) is 0. The fourth-order valence-corrected chi connectivity index (χ4v) is 1.36. The Morgan fingerprint density at radius 2 is 2.09 bits per heavy atom. The van der Waals surface area contributed by atoms with E-state index in [1.165, 1.54) is 0 Å². The first-order chi connectivity index (χ1) is 5.25. The number of Topliss-reactive ketones (excluding diaryl/α,β-unsaturated/α-hetero) is 1. The van der Waals surface area contributed by atoms with Gasteiger partial charge in [-0.15, -0.1) is 6.42 Å². The summed E-state index contributed by atoms with van der Waals surface area (Å²) in [6, 6.07) is 7.25. The highest BCUT2D eigenvalue weighted by atomic mass is 127. The lowest BCUT2D eigenvalue weighted by atomic mass is 10.1. The minimum atomic E-state index is -0.255. The number of hydrogen-bond donors (Lipinski definition) is 0. The number of ketones is 1. The first-order valence-electron chi connectivity index (χ1n) is 3.01. The highest BCUT2D eigenvalue weighted by Gasteiger charge is 2.04. The molecule has 1 aromatic rings. The van der Waals surface area contributed by atoms with Gasteiger partial charge in [-0.2, -0.15) is 0 Å². The average Bonchev–Trinajstić information content (AvgIpc) is 2.04. The molecule has 0 fully saturated rings. The number of hydrogen-bond acceptors (Lipinski definition) is 1. The summed E-state index contributed by atoms with van der Waals surface area (Å²) >= 11 is 2.08. The molecule has 0 unspecified atom stereocenters. The lowest BCUT2D eigenvalue weighted by Crippen LogP contribution is -1.96. The molecule has 0 aromatic heterocycles. The van der Waals surface area contributed by atoms with Crippen LogP contribution in [0.15, 0.2) is 24.3 Å². The van der Waals surface area contributed by atoms with Crippen LogP contribution >= 0.6 is 22.6 Å². The Morgan fingerprint density at radius 3 is 2.64 bits per heavy atom. The lowest BCUT2D eigenvalue weighted by Gasteiger charge is -1.95. The molecule has 0 aliphatic heterocycles. The number of halogens is 1. The standard InChI is InChI=1S/C9H5IO/c1-2-9(11)7-5-3-4-6-8(7)10/h1,3-6H. The zero-order valence-electron chi connectivity index (χ0n) is 5.67. The molecule has 0 bridgehead atoms. The molecule has 2 heteroatoms. The molecule has 0 radical (unpaired) electrons. The largest absolute Gasteiger partial charge is 0.279 e. The summed E-state index contributed by atoms with van der Waals surface area (Å²) in [6.45, 7) is 0. The second kappa shape index (κ2) is 3.54. The van der Waals surface area contributed by atoms with Crippen LogP contribution in [0.3, 0.4) is 0 Å². The molecule has 11 heavy (non-hydrogen) atoms. The van der Waals surface area contributed by atoms with E-state index >= 15 is 0 Å². The number of benzene rings is 1. The number of carbonyl (C=O) groups is 1. The number of rotatable bonds is 1. The van der Waals surface area contributed by atoms with Gasteiger partial charge in [-0.25, -0.2) is 0 Å². The zero-order chi connectivity index (χ0) is 8.27. The Morgan fingerprint density at radius 1 is 1.45 bits per heavy atom. The summed E-state index contributed by atoms with van der Waals surface area (Å²) in [4.78, 5) is 11.0. The van der Waals surface area contributed by atoms with E-state index in [2.05, 4.69) is 28.5 Å². The van der Waals surface area contributed by atoms with Crippen molar-refractivity contribution in [1.29, 1.82) is 0 Å². The van der Waals surface area contributed by atoms with Gasteiger partial charge < -0.3 is 0 Å². The average molecular weight is 256 g/mol. The predicted molar refractivity (Wildman–Crippen MR) is 52.3 cm³/mol. The molecule has 0 heterocycles. The van der Waals surface area contributed by atoms with Crippen LogP contribution in [-0.2, 0) is 0 Å². The van der Waals surface area contributed by atoms with Crippen molar-refractivity contribution in [3.63, 3.8) is 0 Å². The molecule has 0 aliphatic carbocycles. The second-order valence-corrected chi connectivity index (χ2v) is 3.12. The smallest absolute Gasteiger partial charge is 0.236 e. The highest BCUT2D eigenvalue weighted by molar-refractivity contribution is 14.1.